The van der Waals surface area contributed by atoms with E-state index in [9.17, 15) is 9.59 Å². The number of nitrogens with zero attached hydrogens (tertiary/aromatic N) is 1. The van der Waals surface area contributed by atoms with Gasteiger partial charge in [0.15, 0.2) is 11.5 Å². The molecule has 0 spiro atoms. The molecule has 0 aliphatic carbocycles. The Hall–Kier alpha value is -2.62. The molecule has 2 aromatic carbocycles. The maximum atomic E-state index is 12.2. The molecule has 0 radical (unpaired) electrons. The molecule has 7 nitrogen and oxygen atoms in total. The fourth-order valence-corrected chi connectivity index (χ4v) is 3.61. The fraction of sp³-hybridized carbons (Fsp3) is 0.375. The molecule has 2 rings (SSSR count). The van der Waals surface area contributed by atoms with Crippen molar-refractivity contribution in [1.29, 1.82) is 0 Å². The Balaban J connectivity index is 1.89. The number of benzene rings is 2. The third kappa shape index (κ3) is 7.81. The lowest BCUT2D eigenvalue weighted by molar-refractivity contribution is -0.124. The number of nitrogens with one attached hydrogen (secondary N) is 2. The number of rotatable bonds is 11. The zero-order valence-electron chi connectivity index (χ0n) is 19.0. The lowest BCUT2D eigenvalue weighted by Crippen LogP contribution is -2.21. The average molecular weight is 551 g/mol. The molecule has 0 heterocycles. The number of hydrogen-bond acceptors (Lipinski definition) is 5. The molecule has 32 heavy (non-hydrogen) atoms. The molecule has 0 fully saturated rings. The molecule has 2 amide bonds. The summed E-state index contributed by atoms with van der Waals surface area (Å²) >= 11 is 2.19. The van der Waals surface area contributed by atoms with E-state index in [-0.39, 0.29) is 24.7 Å². The predicted octanol–water partition coefficient (Wildman–Crippen LogP) is 4.96. The van der Waals surface area contributed by atoms with Crippen LogP contribution >= 0.6 is 22.6 Å². The topological polar surface area (TPSA) is 89.0 Å². The maximum Gasteiger partial charge on any atom is 0.240 e. The predicted molar refractivity (Wildman–Crippen MR) is 136 cm³/mol. The first kappa shape index (κ1) is 25.6. The molecule has 2 aromatic rings. The van der Waals surface area contributed by atoms with Crippen molar-refractivity contribution in [3.63, 3.8) is 0 Å². The Labute approximate surface area is 203 Å². The summed E-state index contributed by atoms with van der Waals surface area (Å²) in [6, 6.07) is 9.45. The van der Waals surface area contributed by atoms with Crippen LogP contribution in [0.4, 0.5) is 5.69 Å². The van der Waals surface area contributed by atoms with Crippen LogP contribution in [0.3, 0.4) is 0 Å². The van der Waals surface area contributed by atoms with E-state index >= 15 is 0 Å². The highest BCUT2D eigenvalue weighted by Gasteiger charge is 2.12. The van der Waals surface area contributed by atoms with E-state index < -0.39 is 0 Å². The van der Waals surface area contributed by atoms with Crippen LogP contribution in [0, 0.1) is 17.4 Å². The largest absolute Gasteiger partial charge is 0.490 e. The average Bonchev–Trinajstić information content (AvgIpc) is 2.75. The standard InChI is InChI=1S/C24H30IN3O4/c1-5-12-32-24-19(25)13-18(14-21(24)31-6-2)15-26-28-23(30)11-10-22(29)27-20-9-7-8-16(3)17(20)4/h7-9,13-15H,5-6,10-12H2,1-4H3,(H,27,29)(H,28,30). The van der Waals surface area contributed by atoms with Gasteiger partial charge in [-0.1, -0.05) is 19.1 Å². The molecule has 0 aromatic heterocycles. The first-order chi connectivity index (χ1) is 15.3. The summed E-state index contributed by atoms with van der Waals surface area (Å²) in [7, 11) is 0. The Morgan fingerprint density at radius 2 is 1.84 bits per heavy atom. The molecule has 0 aliphatic rings. The van der Waals surface area contributed by atoms with Gasteiger partial charge in [-0.2, -0.15) is 5.10 Å². The first-order valence-electron chi connectivity index (χ1n) is 10.6. The van der Waals surface area contributed by atoms with Crippen molar-refractivity contribution in [3.05, 3.63) is 50.6 Å². The Morgan fingerprint density at radius 1 is 1.09 bits per heavy atom. The number of carbonyl (C=O) groups is 2. The van der Waals surface area contributed by atoms with Crippen LogP contribution < -0.4 is 20.2 Å². The molecule has 0 saturated carbocycles. The molecule has 0 bridgehead atoms. The summed E-state index contributed by atoms with van der Waals surface area (Å²) in [5.41, 5.74) is 6.12. The third-order valence-corrected chi connectivity index (χ3v) is 5.44. The zero-order valence-corrected chi connectivity index (χ0v) is 21.1. The van der Waals surface area contributed by atoms with E-state index in [1.54, 1.807) is 6.21 Å². The van der Waals surface area contributed by atoms with Crippen LogP contribution in [0.25, 0.3) is 0 Å². The van der Waals surface area contributed by atoms with Gasteiger partial charge in [-0.25, -0.2) is 5.43 Å². The lowest BCUT2D eigenvalue weighted by Gasteiger charge is -2.14. The maximum absolute atomic E-state index is 12.2. The molecule has 2 N–H and O–H groups in total. The van der Waals surface area contributed by atoms with Gasteiger partial charge in [0.2, 0.25) is 11.8 Å². The Bertz CT molecular complexity index is 976. The number of hydrazone groups is 1. The second kappa shape index (κ2) is 13.0. The van der Waals surface area contributed by atoms with Gasteiger partial charge in [-0.05, 0) is 84.7 Å². The number of hydrogen-bond donors (Lipinski definition) is 2. The van der Waals surface area contributed by atoms with Gasteiger partial charge >= 0.3 is 0 Å². The van der Waals surface area contributed by atoms with Crippen LogP contribution in [0.5, 0.6) is 11.5 Å². The van der Waals surface area contributed by atoms with Gasteiger partial charge in [-0.3, -0.25) is 9.59 Å². The van der Waals surface area contributed by atoms with Crippen LogP contribution in [0.15, 0.2) is 35.4 Å². The SMILES string of the molecule is CCCOc1c(I)cc(C=NNC(=O)CCC(=O)Nc2cccc(C)c2C)cc1OCC. The van der Waals surface area contributed by atoms with Crippen molar-refractivity contribution >= 4 is 46.3 Å². The monoisotopic (exact) mass is 551 g/mol. The normalized spacial score (nSPS) is 10.8. The van der Waals surface area contributed by atoms with Crippen LogP contribution in [-0.4, -0.2) is 31.2 Å². The number of amides is 2. The van der Waals surface area contributed by atoms with Crippen molar-refractivity contribution in [3.8, 4) is 11.5 Å². The molecular formula is C24H30IN3O4. The highest BCUT2D eigenvalue weighted by atomic mass is 127. The number of anilines is 1. The van der Waals surface area contributed by atoms with Gasteiger partial charge in [-0.15, -0.1) is 0 Å². The molecule has 172 valence electrons. The van der Waals surface area contributed by atoms with E-state index in [4.69, 9.17) is 9.47 Å². The Kier molecular flexibility index (Phi) is 10.5. The lowest BCUT2D eigenvalue weighted by atomic mass is 10.1. The summed E-state index contributed by atoms with van der Waals surface area (Å²) in [4.78, 5) is 24.2. The zero-order chi connectivity index (χ0) is 23.5. The minimum atomic E-state index is -0.333. The van der Waals surface area contributed by atoms with E-state index in [2.05, 4.69) is 38.4 Å². The van der Waals surface area contributed by atoms with E-state index in [0.717, 1.165) is 32.4 Å². The second-order valence-corrected chi connectivity index (χ2v) is 8.36. The molecule has 0 atom stereocenters. The van der Waals surface area contributed by atoms with Gasteiger partial charge in [0.05, 0.1) is 23.0 Å². The first-order valence-corrected chi connectivity index (χ1v) is 11.7. The molecule has 0 aliphatic heterocycles. The van der Waals surface area contributed by atoms with Crippen LogP contribution in [0.1, 0.15) is 49.8 Å². The van der Waals surface area contributed by atoms with Crippen molar-refractivity contribution in [2.75, 3.05) is 18.5 Å². The number of halogens is 1. The van der Waals surface area contributed by atoms with Crippen molar-refractivity contribution in [1.82, 2.24) is 5.43 Å². The summed E-state index contributed by atoms with van der Waals surface area (Å²) in [5, 5.41) is 6.86. The van der Waals surface area contributed by atoms with Gasteiger partial charge in [0.1, 0.15) is 0 Å². The van der Waals surface area contributed by atoms with Crippen molar-refractivity contribution in [2.45, 2.75) is 47.0 Å². The highest BCUT2D eigenvalue weighted by Crippen LogP contribution is 2.34. The number of carbonyl (C=O) groups excluding carboxylic acids is 2. The summed E-state index contributed by atoms with van der Waals surface area (Å²) < 4.78 is 12.4. The van der Waals surface area contributed by atoms with Crippen LogP contribution in [-0.2, 0) is 9.59 Å². The van der Waals surface area contributed by atoms with E-state index in [1.165, 1.54) is 0 Å². The minimum absolute atomic E-state index is 0.0412. The fourth-order valence-electron chi connectivity index (χ4n) is 2.83. The molecular weight excluding hydrogens is 521 g/mol. The summed E-state index contributed by atoms with van der Waals surface area (Å²) in [6.07, 6.45) is 2.56. The number of aryl methyl sites for hydroxylation is 1. The summed E-state index contributed by atoms with van der Waals surface area (Å²) in [6.45, 7) is 9.02. The van der Waals surface area contributed by atoms with Gasteiger partial charge in [0.25, 0.3) is 0 Å². The summed E-state index contributed by atoms with van der Waals surface area (Å²) in [5.74, 6) is 0.811. The smallest absolute Gasteiger partial charge is 0.240 e. The van der Waals surface area contributed by atoms with Crippen molar-refractivity contribution < 1.29 is 19.1 Å². The van der Waals surface area contributed by atoms with E-state index in [0.29, 0.717) is 24.7 Å². The molecule has 8 heteroatoms. The third-order valence-electron chi connectivity index (χ3n) is 4.64. The van der Waals surface area contributed by atoms with Gasteiger partial charge < -0.3 is 14.8 Å². The Morgan fingerprint density at radius 3 is 2.56 bits per heavy atom. The van der Waals surface area contributed by atoms with Crippen LogP contribution in [0.2, 0.25) is 0 Å². The molecule has 0 saturated heterocycles. The molecule has 0 unspecified atom stereocenters. The minimum Gasteiger partial charge on any atom is -0.490 e. The number of ether oxygens (including phenoxy) is 2. The van der Waals surface area contributed by atoms with Crippen molar-refractivity contribution in [2.24, 2.45) is 5.10 Å². The van der Waals surface area contributed by atoms with Gasteiger partial charge in [0, 0.05) is 18.5 Å². The quantitative estimate of drug-likeness (QED) is 0.235. The highest BCUT2D eigenvalue weighted by molar-refractivity contribution is 14.1. The second-order valence-electron chi connectivity index (χ2n) is 7.20. The van der Waals surface area contributed by atoms with E-state index in [1.807, 2.05) is 58.0 Å².